The van der Waals surface area contributed by atoms with Crippen LogP contribution < -0.4 is 0 Å². The van der Waals surface area contributed by atoms with E-state index in [2.05, 4.69) is 193 Å². The van der Waals surface area contributed by atoms with Gasteiger partial charge >= 0.3 is 0 Å². The Morgan fingerprint density at radius 3 is 2.12 bits per heavy atom. The second-order valence-electron chi connectivity index (χ2n) is 16.8. The number of allylic oxidation sites excluding steroid dienone is 9. The van der Waals surface area contributed by atoms with E-state index >= 15 is 0 Å². The van der Waals surface area contributed by atoms with E-state index in [0.717, 1.165) is 38.5 Å². The van der Waals surface area contributed by atoms with Crippen LogP contribution in [0.1, 0.15) is 99.4 Å². The van der Waals surface area contributed by atoms with Gasteiger partial charge in [0, 0.05) is 38.2 Å². The summed E-state index contributed by atoms with van der Waals surface area (Å²) in [6, 6.07) is 45.0. The maximum absolute atomic E-state index is 4.19. The molecule has 3 heterocycles. The van der Waals surface area contributed by atoms with Gasteiger partial charge in [-0.05, 0) is 116 Å². The van der Waals surface area contributed by atoms with Crippen LogP contribution in [-0.2, 0) is 12.8 Å². The zero-order valence-electron chi connectivity index (χ0n) is 38.5. The minimum absolute atomic E-state index is 0.966. The Labute approximate surface area is 379 Å². The SMILES string of the molecule is C=Cc1c(/C=C\C)n(C2=CC=CCC2)c2cc(C3=CC=C(Cc4cccc5c6cccc7c8ccccc8n(c45)c76)CC3)ccc12.CC.CC.Cc1ccc2c(c1)-c1ccccc1C2. The van der Waals surface area contributed by atoms with Crippen LogP contribution in [0.4, 0.5) is 0 Å². The van der Waals surface area contributed by atoms with Gasteiger partial charge in [0.05, 0.1) is 27.8 Å². The van der Waals surface area contributed by atoms with Crippen molar-refractivity contribution in [2.45, 2.75) is 80.1 Å². The van der Waals surface area contributed by atoms with Crippen LogP contribution in [0.2, 0.25) is 0 Å². The lowest BCUT2D eigenvalue weighted by Gasteiger charge is -2.18. The highest BCUT2D eigenvalue weighted by Gasteiger charge is 2.22. The number of aryl methyl sites for hydroxylation is 1. The lowest BCUT2D eigenvalue weighted by molar-refractivity contribution is 0.925. The van der Waals surface area contributed by atoms with Gasteiger partial charge in [-0.15, -0.1) is 0 Å². The van der Waals surface area contributed by atoms with Gasteiger partial charge in [-0.1, -0.05) is 191 Å². The van der Waals surface area contributed by atoms with Crippen molar-refractivity contribution in [3.8, 4) is 11.1 Å². The van der Waals surface area contributed by atoms with Gasteiger partial charge in [-0.2, -0.15) is 0 Å². The van der Waals surface area contributed by atoms with Crippen molar-refractivity contribution in [2.75, 3.05) is 0 Å². The molecule has 3 aromatic heterocycles. The third-order valence-electron chi connectivity index (χ3n) is 13.2. The van der Waals surface area contributed by atoms with Gasteiger partial charge in [0.25, 0.3) is 0 Å². The van der Waals surface area contributed by atoms with Crippen molar-refractivity contribution in [3.05, 3.63) is 209 Å². The standard InChI is InChI=1S/C44H36N2.C14H12.2C2H6/c1-3-12-40-34(4-2)36-26-25-31(28-42(36)45(40)33-14-6-5-7-15-33)30-23-21-29(22-24-30)27-32-13-10-17-38-39-19-11-18-37-35-16-8-9-20-41(35)46(43(32)38)44(37)39;1-10-6-7-12-9-11-4-2-3-5-13(11)14(12)8-10;2*1-2/h3-6,8-14,16-21,23,25-26,28H,2,7,15,22,24,27H2,1H3;2-8H,9H2,1H3;2*1-2H3/b12-3-;;;. The molecule has 3 aliphatic carbocycles. The topological polar surface area (TPSA) is 9.34 Å². The minimum Gasteiger partial charge on any atom is -0.313 e. The van der Waals surface area contributed by atoms with Gasteiger partial charge < -0.3 is 8.97 Å². The van der Waals surface area contributed by atoms with Crippen molar-refractivity contribution in [1.82, 2.24) is 8.97 Å². The average Bonchev–Trinajstić information content (AvgIpc) is 4.09. The number of hydrogen-bond acceptors (Lipinski definition) is 0. The summed E-state index contributed by atoms with van der Waals surface area (Å²) in [6.07, 6.45) is 24.2. The molecule has 2 nitrogen and oxygen atoms in total. The van der Waals surface area contributed by atoms with Crippen LogP contribution in [0.15, 0.2) is 170 Å². The molecule has 0 N–H and O–H groups in total. The Bertz CT molecular complexity index is 3350. The summed E-state index contributed by atoms with van der Waals surface area (Å²) in [5, 5.41) is 6.65. The molecule has 0 aliphatic heterocycles. The molecule has 0 amide bonds. The van der Waals surface area contributed by atoms with Crippen molar-refractivity contribution < 1.29 is 0 Å². The molecule has 2 heteroatoms. The maximum Gasteiger partial charge on any atom is 0.0620 e. The smallest absolute Gasteiger partial charge is 0.0620 e. The van der Waals surface area contributed by atoms with E-state index in [1.54, 1.807) is 0 Å². The fourth-order valence-electron chi connectivity index (χ4n) is 10.4. The summed E-state index contributed by atoms with van der Waals surface area (Å²) in [5.74, 6) is 0. The largest absolute Gasteiger partial charge is 0.313 e. The number of benzene rings is 6. The van der Waals surface area contributed by atoms with E-state index in [0.29, 0.717) is 0 Å². The van der Waals surface area contributed by atoms with Gasteiger partial charge in [-0.3, -0.25) is 0 Å². The molecule has 0 saturated carbocycles. The molecule has 9 aromatic rings. The number of rotatable bonds is 6. The molecular formula is C62H60N2. The third-order valence-corrected chi connectivity index (χ3v) is 13.2. The molecule has 12 rings (SSSR count). The van der Waals surface area contributed by atoms with Crippen molar-refractivity contribution in [3.63, 3.8) is 0 Å². The first kappa shape index (κ1) is 42.4. The monoisotopic (exact) mass is 832 g/mol. The summed E-state index contributed by atoms with van der Waals surface area (Å²) in [4.78, 5) is 0. The number of para-hydroxylation sites is 3. The van der Waals surface area contributed by atoms with E-state index in [-0.39, 0.29) is 0 Å². The molecule has 0 fully saturated rings. The van der Waals surface area contributed by atoms with Crippen LogP contribution in [0.25, 0.3) is 83.5 Å². The maximum atomic E-state index is 4.19. The highest BCUT2D eigenvalue weighted by molar-refractivity contribution is 6.23. The van der Waals surface area contributed by atoms with E-state index in [1.165, 1.54) is 116 Å². The second-order valence-corrected chi connectivity index (χ2v) is 16.8. The first-order valence-electron chi connectivity index (χ1n) is 23.6. The molecular weight excluding hydrogens is 773 g/mol. The molecule has 64 heavy (non-hydrogen) atoms. The quantitative estimate of drug-likeness (QED) is 0.158. The lowest BCUT2D eigenvalue weighted by atomic mass is 9.89. The van der Waals surface area contributed by atoms with Gasteiger partial charge in [0.2, 0.25) is 0 Å². The van der Waals surface area contributed by atoms with E-state index < -0.39 is 0 Å². The van der Waals surface area contributed by atoms with E-state index in [9.17, 15) is 0 Å². The molecule has 0 radical (unpaired) electrons. The first-order chi connectivity index (χ1) is 31.6. The van der Waals surface area contributed by atoms with Crippen LogP contribution in [0.3, 0.4) is 0 Å². The van der Waals surface area contributed by atoms with Gasteiger partial charge in [0.15, 0.2) is 0 Å². The van der Waals surface area contributed by atoms with E-state index in [4.69, 9.17) is 0 Å². The molecule has 0 spiro atoms. The molecule has 6 aromatic carbocycles. The predicted molar refractivity (Wildman–Crippen MR) is 282 cm³/mol. The Morgan fingerprint density at radius 2 is 1.36 bits per heavy atom. The molecule has 0 saturated heterocycles. The van der Waals surface area contributed by atoms with Crippen LogP contribution >= 0.6 is 0 Å². The number of fused-ring (bicyclic) bond motifs is 10. The highest BCUT2D eigenvalue weighted by Crippen LogP contribution is 2.42. The highest BCUT2D eigenvalue weighted by atomic mass is 15.0. The second kappa shape index (κ2) is 18.4. The van der Waals surface area contributed by atoms with Crippen LogP contribution in [-0.4, -0.2) is 8.97 Å². The fourth-order valence-corrected chi connectivity index (χ4v) is 10.4. The molecule has 3 aliphatic rings. The predicted octanol–water partition coefficient (Wildman–Crippen LogP) is 17.6. The van der Waals surface area contributed by atoms with Gasteiger partial charge in [0.1, 0.15) is 0 Å². The minimum atomic E-state index is 0.966. The van der Waals surface area contributed by atoms with Crippen LogP contribution in [0, 0.1) is 6.92 Å². The van der Waals surface area contributed by atoms with Crippen LogP contribution in [0.5, 0.6) is 0 Å². The third kappa shape index (κ3) is 7.35. The Hall–Kier alpha value is -6.90. The van der Waals surface area contributed by atoms with Crippen molar-refractivity contribution in [1.29, 1.82) is 0 Å². The number of hydrogen-bond donors (Lipinski definition) is 0. The Kier molecular flexibility index (Phi) is 12.2. The summed E-state index contributed by atoms with van der Waals surface area (Å²) in [7, 11) is 0. The Morgan fingerprint density at radius 1 is 0.625 bits per heavy atom. The molecule has 0 bridgehead atoms. The van der Waals surface area contributed by atoms with Gasteiger partial charge in [-0.25, -0.2) is 0 Å². The summed E-state index contributed by atoms with van der Waals surface area (Å²) < 4.78 is 4.98. The summed E-state index contributed by atoms with van der Waals surface area (Å²) in [5.41, 5.74) is 21.8. The zero-order chi connectivity index (χ0) is 44.3. The fraction of sp³-hybridized carbons (Fsp3) is 0.194. The molecule has 318 valence electrons. The van der Waals surface area contributed by atoms with Crippen molar-refractivity contribution in [2.24, 2.45) is 0 Å². The summed E-state index contributed by atoms with van der Waals surface area (Å²) in [6.45, 7) is 16.4. The molecule has 0 atom stereocenters. The number of aromatic nitrogens is 2. The van der Waals surface area contributed by atoms with Crippen molar-refractivity contribution >= 4 is 72.4 Å². The summed E-state index contributed by atoms with van der Waals surface area (Å²) >= 11 is 0. The number of nitrogens with zero attached hydrogens (tertiary/aromatic N) is 2. The average molecular weight is 833 g/mol. The lowest BCUT2D eigenvalue weighted by Crippen LogP contribution is -2.02. The molecule has 0 unspecified atom stereocenters. The Balaban J connectivity index is 0.000000241. The normalized spacial score (nSPS) is 14.1. The first-order valence-corrected chi connectivity index (χ1v) is 23.6. The van der Waals surface area contributed by atoms with E-state index in [1.807, 2.05) is 33.8 Å². The zero-order valence-corrected chi connectivity index (χ0v) is 38.5.